The van der Waals surface area contributed by atoms with Crippen molar-refractivity contribution in [1.82, 2.24) is 4.98 Å². The molecule has 0 unspecified atom stereocenters. The normalized spacial score (nSPS) is 11.2. The zero-order chi connectivity index (χ0) is 22.4. The van der Waals surface area contributed by atoms with E-state index in [1.807, 2.05) is 25.1 Å². The maximum absolute atomic E-state index is 12.8. The number of aromatic nitrogens is 1. The summed E-state index contributed by atoms with van der Waals surface area (Å²) in [6, 6.07) is 17.5. The van der Waals surface area contributed by atoms with Crippen LogP contribution in [0.15, 0.2) is 65.1 Å². The molecule has 0 saturated heterocycles. The fourth-order valence-electron chi connectivity index (χ4n) is 3.41. The van der Waals surface area contributed by atoms with Gasteiger partial charge in [-0.05, 0) is 48.9 Å². The third-order valence-electron chi connectivity index (χ3n) is 4.97. The Morgan fingerprint density at radius 2 is 1.94 bits per heavy atom. The van der Waals surface area contributed by atoms with Crippen molar-refractivity contribution in [2.75, 3.05) is 5.32 Å². The van der Waals surface area contributed by atoms with Crippen LogP contribution in [-0.2, 0) is 0 Å². The Hall–Kier alpha value is -3.75. The third kappa shape index (κ3) is 3.49. The van der Waals surface area contributed by atoms with Crippen LogP contribution >= 0.6 is 22.9 Å². The lowest BCUT2D eigenvalue weighted by molar-refractivity contribution is -0.382. The number of carbonyl (C=O) groups is 1. The van der Waals surface area contributed by atoms with Crippen LogP contribution in [0.3, 0.4) is 0 Å². The number of halogens is 1. The van der Waals surface area contributed by atoms with Gasteiger partial charge < -0.3 is 9.73 Å². The first-order valence-electron chi connectivity index (χ1n) is 9.55. The number of carbonyl (C=O) groups excluding carboxylic acids is 1. The average Bonchev–Trinajstić information content (AvgIpc) is 3.35. The predicted molar refractivity (Wildman–Crippen MR) is 126 cm³/mol. The predicted octanol–water partition coefficient (Wildman–Crippen LogP) is 6.83. The molecule has 0 saturated carbocycles. The lowest BCUT2D eigenvalue weighted by Gasteiger charge is -2.04. The van der Waals surface area contributed by atoms with Crippen LogP contribution in [0, 0.1) is 17.0 Å². The van der Waals surface area contributed by atoms with Gasteiger partial charge in [-0.2, -0.15) is 0 Å². The Kier molecular flexibility index (Phi) is 4.88. The number of anilines is 1. The van der Waals surface area contributed by atoms with Crippen LogP contribution in [0.2, 0.25) is 5.02 Å². The molecule has 2 heterocycles. The number of nitro benzene ring substituents is 1. The number of benzene rings is 3. The highest BCUT2D eigenvalue weighted by Gasteiger charge is 2.22. The number of nitrogens with zero attached hydrogens (tertiary/aromatic N) is 2. The Balaban J connectivity index is 1.41. The van der Waals surface area contributed by atoms with E-state index in [9.17, 15) is 14.9 Å². The molecular weight excluding hydrogens is 450 g/mol. The zero-order valence-electron chi connectivity index (χ0n) is 16.6. The molecule has 0 radical (unpaired) electrons. The Morgan fingerprint density at radius 3 is 2.69 bits per heavy atom. The summed E-state index contributed by atoms with van der Waals surface area (Å²) in [6.07, 6.45) is 0. The molecule has 2 aromatic heterocycles. The van der Waals surface area contributed by atoms with Gasteiger partial charge in [-0.25, -0.2) is 4.98 Å². The van der Waals surface area contributed by atoms with Crippen LogP contribution in [0.5, 0.6) is 0 Å². The van der Waals surface area contributed by atoms with Crippen molar-refractivity contribution in [3.8, 4) is 11.5 Å². The smallest absolute Gasteiger partial charge is 0.287 e. The maximum atomic E-state index is 12.8. The number of hydrogen-bond acceptors (Lipinski definition) is 6. The quantitative estimate of drug-likeness (QED) is 0.232. The van der Waals surface area contributed by atoms with E-state index in [1.165, 1.54) is 6.07 Å². The molecule has 0 spiro atoms. The summed E-state index contributed by atoms with van der Waals surface area (Å²) in [5, 5.41) is 14.7. The summed E-state index contributed by atoms with van der Waals surface area (Å²) in [6.45, 7) is 1.99. The first kappa shape index (κ1) is 20.2. The van der Waals surface area contributed by atoms with Gasteiger partial charge in [0, 0.05) is 22.7 Å². The van der Waals surface area contributed by atoms with Crippen LogP contribution in [0.1, 0.15) is 15.2 Å². The fraction of sp³-hybridized carbons (Fsp3) is 0.0435. The molecule has 5 aromatic rings. The van der Waals surface area contributed by atoms with Gasteiger partial charge in [0.15, 0.2) is 5.58 Å². The molecule has 7 nitrogen and oxygen atoms in total. The van der Waals surface area contributed by atoms with E-state index >= 15 is 0 Å². The van der Waals surface area contributed by atoms with Crippen molar-refractivity contribution in [2.45, 2.75) is 6.92 Å². The molecule has 158 valence electrons. The maximum Gasteiger partial charge on any atom is 0.287 e. The van der Waals surface area contributed by atoms with E-state index in [-0.39, 0.29) is 15.6 Å². The molecule has 3 aromatic carbocycles. The Labute approximate surface area is 190 Å². The molecular formula is C23H14ClN3O4S. The van der Waals surface area contributed by atoms with E-state index in [0.717, 1.165) is 28.0 Å². The molecule has 1 amide bonds. The van der Waals surface area contributed by atoms with Gasteiger partial charge in [0.25, 0.3) is 11.6 Å². The summed E-state index contributed by atoms with van der Waals surface area (Å²) >= 11 is 7.36. The lowest BCUT2D eigenvalue weighted by atomic mass is 10.2. The zero-order valence-corrected chi connectivity index (χ0v) is 18.2. The average molecular weight is 464 g/mol. The Bertz CT molecular complexity index is 1520. The number of rotatable bonds is 4. The number of nitrogens with one attached hydrogen (secondary N) is 1. The highest BCUT2D eigenvalue weighted by atomic mass is 35.5. The molecule has 5 rings (SSSR count). The molecule has 0 bridgehead atoms. The number of aryl methyl sites for hydroxylation is 1. The van der Waals surface area contributed by atoms with Crippen LogP contribution in [0.25, 0.3) is 32.6 Å². The summed E-state index contributed by atoms with van der Waals surface area (Å²) in [5.74, 6) is 0.0546. The second-order valence-electron chi connectivity index (χ2n) is 7.18. The molecule has 0 aliphatic rings. The standard InChI is InChI=1S/C23H14ClN3O4S/c1-12-5-10-18-16(11-12)26-23(31-18)13-6-8-14(9-7-13)25-22(28)21-19(24)15-3-2-4-17(27(29)30)20(15)32-21/h2-11H,1H3,(H,25,28). The minimum Gasteiger partial charge on any atom is -0.436 e. The van der Waals surface area contributed by atoms with Crippen molar-refractivity contribution in [3.05, 3.63) is 86.2 Å². The second kappa shape index (κ2) is 7.74. The summed E-state index contributed by atoms with van der Waals surface area (Å²) in [5.41, 5.74) is 3.83. The van der Waals surface area contributed by atoms with Crippen molar-refractivity contribution in [2.24, 2.45) is 0 Å². The van der Waals surface area contributed by atoms with Crippen molar-refractivity contribution in [3.63, 3.8) is 0 Å². The summed E-state index contributed by atoms with van der Waals surface area (Å²) < 4.78 is 6.18. The molecule has 0 atom stereocenters. The van der Waals surface area contributed by atoms with Crippen molar-refractivity contribution < 1.29 is 14.1 Å². The lowest BCUT2D eigenvalue weighted by Crippen LogP contribution is -2.10. The SMILES string of the molecule is Cc1ccc2oc(-c3ccc(NC(=O)c4sc5c([N+](=O)[O-])cccc5c4Cl)cc3)nc2c1. The molecule has 32 heavy (non-hydrogen) atoms. The molecule has 9 heteroatoms. The van der Waals surface area contributed by atoms with Crippen LogP contribution in [0.4, 0.5) is 11.4 Å². The van der Waals surface area contributed by atoms with Crippen molar-refractivity contribution >= 4 is 61.4 Å². The summed E-state index contributed by atoms with van der Waals surface area (Å²) in [4.78, 5) is 28.3. The number of fused-ring (bicyclic) bond motifs is 2. The molecule has 0 fully saturated rings. The highest BCUT2D eigenvalue weighted by Crippen LogP contribution is 2.40. The van der Waals surface area contributed by atoms with Gasteiger partial charge in [0.05, 0.1) is 9.95 Å². The van der Waals surface area contributed by atoms with Gasteiger partial charge in [-0.15, -0.1) is 11.3 Å². The molecule has 0 aliphatic carbocycles. The van der Waals surface area contributed by atoms with Gasteiger partial charge in [0.2, 0.25) is 5.89 Å². The van der Waals surface area contributed by atoms with Gasteiger partial charge >= 0.3 is 0 Å². The summed E-state index contributed by atoms with van der Waals surface area (Å²) in [7, 11) is 0. The molecule has 1 N–H and O–H groups in total. The number of non-ortho nitro benzene ring substituents is 1. The number of amides is 1. The first-order valence-corrected chi connectivity index (χ1v) is 10.7. The topological polar surface area (TPSA) is 98.3 Å². The Morgan fingerprint density at radius 1 is 1.16 bits per heavy atom. The largest absolute Gasteiger partial charge is 0.436 e. The van der Waals surface area contributed by atoms with E-state index in [1.54, 1.807) is 36.4 Å². The number of oxazole rings is 1. The van der Waals surface area contributed by atoms with E-state index in [4.69, 9.17) is 16.0 Å². The minimum absolute atomic E-state index is 0.0775. The first-order chi connectivity index (χ1) is 15.4. The monoisotopic (exact) mass is 463 g/mol. The number of nitro groups is 1. The second-order valence-corrected chi connectivity index (χ2v) is 8.58. The highest BCUT2D eigenvalue weighted by molar-refractivity contribution is 7.22. The minimum atomic E-state index is -0.483. The van der Waals surface area contributed by atoms with E-state index in [0.29, 0.717) is 27.2 Å². The van der Waals surface area contributed by atoms with Crippen LogP contribution < -0.4 is 5.32 Å². The third-order valence-corrected chi connectivity index (χ3v) is 6.70. The van der Waals surface area contributed by atoms with E-state index in [2.05, 4.69) is 10.3 Å². The van der Waals surface area contributed by atoms with Gasteiger partial charge in [0.1, 0.15) is 15.1 Å². The van der Waals surface area contributed by atoms with Gasteiger partial charge in [-0.1, -0.05) is 29.8 Å². The molecule has 0 aliphatic heterocycles. The number of hydrogen-bond donors (Lipinski definition) is 1. The van der Waals surface area contributed by atoms with Crippen molar-refractivity contribution in [1.29, 1.82) is 0 Å². The van der Waals surface area contributed by atoms with Gasteiger partial charge in [-0.3, -0.25) is 14.9 Å². The van der Waals surface area contributed by atoms with Crippen LogP contribution in [-0.4, -0.2) is 15.8 Å². The fourth-order valence-corrected chi connectivity index (χ4v) is 4.90. The number of thiophene rings is 1. The van der Waals surface area contributed by atoms with E-state index < -0.39 is 10.8 Å².